The second-order valence-corrected chi connectivity index (χ2v) is 6.89. The zero-order chi connectivity index (χ0) is 18.4. The van der Waals surface area contributed by atoms with E-state index in [2.05, 4.69) is 46.6 Å². The third-order valence-corrected chi connectivity index (χ3v) is 4.78. The zero-order valence-corrected chi connectivity index (χ0v) is 19.0. The number of ether oxygens (including phenoxy) is 1. The van der Waals surface area contributed by atoms with Crippen molar-refractivity contribution in [3.05, 3.63) is 52.8 Å². The highest BCUT2D eigenvalue weighted by molar-refractivity contribution is 14.0. The van der Waals surface area contributed by atoms with E-state index in [4.69, 9.17) is 4.74 Å². The normalized spacial score (nSPS) is 11.3. The van der Waals surface area contributed by atoms with Crippen LogP contribution in [0.1, 0.15) is 23.7 Å². The number of guanidine groups is 1. The first-order chi connectivity index (χ1) is 12.7. The van der Waals surface area contributed by atoms with Crippen LogP contribution in [0.15, 0.2) is 41.0 Å². The Morgan fingerprint density at radius 1 is 1.33 bits per heavy atom. The summed E-state index contributed by atoms with van der Waals surface area (Å²) in [6.07, 6.45) is 4.91. The predicted molar refractivity (Wildman–Crippen MR) is 123 cm³/mol. The molecule has 0 saturated carbocycles. The fraction of sp³-hybridized carbons (Fsp3) is 0.368. The van der Waals surface area contributed by atoms with Crippen molar-refractivity contribution in [2.45, 2.75) is 26.8 Å². The molecule has 0 spiro atoms. The van der Waals surface area contributed by atoms with Gasteiger partial charge in [0.05, 0.1) is 19.3 Å². The first-order valence-electron chi connectivity index (χ1n) is 8.76. The minimum Gasteiger partial charge on any atom is -0.496 e. The van der Waals surface area contributed by atoms with Gasteiger partial charge in [-0.1, -0.05) is 17.7 Å². The number of thiazole rings is 1. The molecule has 6 nitrogen and oxygen atoms in total. The standard InChI is InChI=1S/C19H25N5OS.HI/c1-4-20-18(22-12-16-13-24-9-10-26-19(24)23-16)21-8-7-15-11-14(2)5-6-17(15)25-3;/h5-6,9-11,13H,4,7-8,12H2,1-3H3,(H2,20,21,22);1H. The van der Waals surface area contributed by atoms with E-state index in [1.807, 2.05) is 28.2 Å². The molecule has 2 N–H and O–H groups in total. The smallest absolute Gasteiger partial charge is 0.193 e. The summed E-state index contributed by atoms with van der Waals surface area (Å²) in [5.41, 5.74) is 3.40. The van der Waals surface area contributed by atoms with E-state index in [-0.39, 0.29) is 24.0 Å². The van der Waals surface area contributed by atoms with E-state index in [1.54, 1.807) is 18.4 Å². The van der Waals surface area contributed by atoms with Gasteiger partial charge in [-0.2, -0.15) is 0 Å². The maximum Gasteiger partial charge on any atom is 0.193 e. The number of imidazole rings is 1. The second-order valence-electron chi connectivity index (χ2n) is 6.01. The number of hydrogen-bond acceptors (Lipinski definition) is 4. The van der Waals surface area contributed by atoms with Gasteiger partial charge >= 0.3 is 0 Å². The molecule has 0 aliphatic heterocycles. The summed E-state index contributed by atoms with van der Waals surface area (Å²) in [4.78, 5) is 10.2. The molecular weight excluding hydrogens is 473 g/mol. The number of nitrogens with one attached hydrogen (secondary N) is 2. The fourth-order valence-electron chi connectivity index (χ4n) is 2.77. The molecule has 0 atom stereocenters. The van der Waals surface area contributed by atoms with E-state index in [0.717, 1.165) is 41.9 Å². The van der Waals surface area contributed by atoms with Crippen LogP contribution in [0.3, 0.4) is 0 Å². The number of benzene rings is 1. The van der Waals surface area contributed by atoms with Crippen molar-refractivity contribution in [3.8, 4) is 5.75 Å². The number of fused-ring (bicyclic) bond motifs is 1. The molecule has 3 rings (SSSR count). The molecule has 2 aromatic heterocycles. The van der Waals surface area contributed by atoms with Crippen LogP contribution < -0.4 is 15.4 Å². The third-order valence-electron chi connectivity index (χ3n) is 4.01. The molecule has 3 aromatic rings. The molecule has 0 radical (unpaired) electrons. The zero-order valence-electron chi connectivity index (χ0n) is 15.9. The van der Waals surface area contributed by atoms with Crippen LogP contribution in [0.2, 0.25) is 0 Å². The number of halogens is 1. The number of aliphatic imine (C=N–C) groups is 1. The molecule has 8 heteroatoms. The minimum atomic E-state index is 0. The van der Waals surface area contributed by atoms with Crippen molar-refractivity contribution >= 4 is 46.2 Å². The van der Waals surface area contributed by atoms with Crippen LogP contribution in [0, 0.1) is 6.92 Å². The Morgan fingerprint density at radius 3 is 2.93 bits per heavy atom. The Hall–Kier alpha value is -1.81. The monoisotopic (exact) mass is 499 g/mol. The lowest BCUT2D eigenvalue weighted by molar-refractivity contribution is 0.409. The van der Waals surface area contributed by atoms with Gasteiger partial charge in [-0.05, 0) is 31.9 Å². The Labute approximate surface area is 181 Å². The van der Waals surface area contributed by atoms with Crippen molar-refractivity contribution in [1.82, 2.24) is 20.0 Å². The minimum absolute atomic E-state index is 0. The Balaban J connectivity index is 0.00000261. The first-order valence-corrected chi connectivity index (χ1v) is 9.64. The Morgan fingerprint density at radius 2 is 2.19 bits per heavy atom. The van der Waals surface area contributed by atoms with Crippen molar-refractivity contribution in [3.63, 3.8) is 0 Å². The molecule has 0 amide bonds. The number of aromatic nitrogens is 2. The summed E-state index contributed by atoms with van der Waals surface area (Å²) < 4.78 is 7.48. The molecular formula is C19H26IN5OS. The fourth-order valence-corrected chi connectivity index (χ4v) is 3.49. The van der Waals surface area contributed by atoms with Crippen molar-refractivity contribution in [2.24, 2.45) is 4.99 Å². The molecule has 27 heavy (non-hydrogen) atoms. The summed E-state index contributed by atoms with van der Waals surface area (Å²) in [5.74, 6) is 1.73. The highest BCUT2D eigenvalue weighted by Crippen LogP contribution is 2.19. The molecule has 0 fully saturated rings. The van der Waals surface area contributed by atoms with Crippen LogP contribution >= 0.6 is 35.3 Å². The molecule has 2 heterocycles. The van der Waals surface area contributed by atoms with Gasteiger partial charge in [0.2, 0.25) is 0 Å². The van der Waals surface area contributed by atoms with Gasteiger partial charge in [0.15, 0.2) is 10.9 Å². The van der Waals surface area contributed by atoms with Gasteiger partial charge in [-0.25, -0.2) is 9.98 Å². The highest BCUT2D eigenvalue weighted by atomic mass is 127. The van der Waals surface area contributed by atoms with Gasteiger partial charge in [0.1, 0.15) is 5.75 Å². The van der Waals surface area contributed by atoms with Gasteiger partial charge in [-0.3, -0.25) is 4.40 Å². The topological polar surface area (TPSA) is 63.0 Å². The highest BCUT2D eigenvalue weighted by Gasteiger charge is 2.05. The molecule has 0 aliphatic carbocycles. The average molecular weight is 499 g/mol. The average Bonchev–Trinajstić information content (AvgIpc) is 3.21. The number of rotatable bonds is 7. The molecule has 0 aliphatic rings. The SMILES string of the molecule is CCNC(=NCc1cn2ccsc2n1)NCCc1cc(C)ccc1OC.I. The Kier molecular flexibility index (Phi) is 8.36. The number of nitrogens with zero attached hydrogens (tertiary/aromatic N) is 3. The van der Waals surface area contributed by atoms with Gasteiger partial charge in [0, 0.05) is 30.9 Å². The Bertz CT molecular complexity index is 861. The lowest BCUT2D eigenvalue weighted by Gasteiger charge is -2.13. The van der Waals surface area contributed by atoms with Crippen LogP contribution in [-0.4, -0.2) is 35.5 Å². The quantitative estimate of drug-likeness (QED) is 0.296. The van der Waals surface area contributed by atoms with E-state index in [9.17, 15) is 0 Å². The van der Waals surface area contributed by atoms with E-state index in [0.29, 0.717) is 6.54 Å². The lowest BCUT2D eigenvalue weighted by Crippen LogP contribution is -2.38. The summed E-state index contributed by atoms with van der Waals surface area (Å²) in [5, 5.41) is 8.70. The van der Waals surface area contributed by atoms with Crippen LogP contribution in [0.25, 0.3) is 4.96 Å². The molecule has 146 valence electrons. The molecule has 1 aromatic carbocycles. The maximum absolute atomic E-state index is 5.45. The predicted octanol–water partition coefficient (Wildman–Crippen LogP) is 3.63. The van der Waals surface area contributed by atoms with Gasteiger partial charge in [-0.15, -0.1) is 35.3 Å². The van der Waals surface area contributed by atoms with Gasteiger partial charge in [0.25, 0.3) is 0 Å². The summed E-state index contributed by atoms with van der Waals surface area (Å²) in [7, 11) is 1.71. The number of methoxy groups -OCH3 is 1. The van der Waals surface area contributed by atoms with E-state index < -0.39 is 0 Å². The summed E-state index contributed by atoms with van der Waals surface area (Å²) in [6, 6.07) is 6.26. The van der Waals surface area contributed by atoms with Gasteiger partial charge < -0.3 is 15.4 Å². The summed E-state index contributed by atoms with van der Waals surface area (Å²) in [6.45, 7) is 6.31. The lowest BCUT2D eigenvalue weighted by atomic mass is 10.1. The second kappa shape index (κ2) is 10.5. The molecule has 0 unspecified atom stereocenters. The molecule has 0 bridgehead atoms. The first kappa shape index (κ1) is 21.5. The largest absolute Gasteiger partial charge is 0.496 e. The number of hydrogen-bond donors (Lipinski definition) is 2. The number of aryl methyl sites for hydroxylation is 1. The van der Waals surface area contributed by atoms with E-state index in [1.165, 1.54) is 11.1 Å². The van der Waals surface area contributed by atoms with Crippen LogP contribution in [0.4, 0.5) is 0 Å². The summed E-state index contributed by atoms with van der Waals surface area (Å²) >= 11 is 1.63. The van der Waals surface area contributed by atoms with Crippen molar-refractivity contribution < 1.29 is 4.74 Å². The van der Waals surface area contributed by atoms with E-state index >= 15 is 0 Å². The molecule has 0 saturated heterocycles. The van der Waals surface area contributed by atoms with Crippen LogP contribution in [-0.2, 0) is 13.0 Å². The third kappa shape index (κ3) is 5.83. The van der Waals surface area contributed by atoms with Crippen molar-refractivity contribution in [2.75, 3.05) is 20.2 Å². The maximum atomic E-state index is 5.45. The van der Waals surface area contributed by atoms with Crippen molar-refractivity contribution in [1.29, 1.82) is 0 Å². The van der Waals surface area contributed by atoms with Crippen LogP contribution in [0.5, 0.6) is 5.75 Å².